The Morgan fingerprint density at radius 1 is 1.62 bits per heavy atom. The molecule has 0 aromatic rings. The van der Waals surface area contributed by atoms with Gasteiger partial charge in [-0.3, -0.25) is 0 Å². The number of rotatable bonds is 0. The first-order valence-corrected chi connectivity index (χ1v) is 5.18. The van der Waals surface area contributed by atoms with Crippen molar-refractivity contribution in [1.29, 1.82) is 0 Å². The molecule has 1 nitrogen and oxygen atoms in total. The number of hydrogen-bond acceptors (Lipinski definition) is 1. The predicted molar refractivity (Wildman–Crippen MR) is 54.4 cm³/mol. The molecule has 1 fully saturated rings. The first kappa shape index (κ1) is 9.01. The fourth-order valence-electron chi connectivity index (χ4n) is 2.72. The molecule has 2 rings (SSSR count). The summed E-state index contributed by atoms with van der Waals surface area (Å²) in [5, 5.41) is 10.1. The van der Waals surface area contributed by atoms with Crippen molar-refractivity contribution in [3.8, 4) is 0 Å². The topological polar surface area (TPSA) is 20.2 Å². The van der Waals surface area contributed by atoms with E-state index in [1.54, 1.807) is 0 Å². The van der Waals surface area contributed by atoms with E-state index in [0.29, 0.717) is 11.8 Å². The van der Waals surface area contributed by atoms with E-state index in [0.717, 1.165) is 25.7 Å². The molecule has 0 aromatic carbocycles. The molecule has 2 aliphatic rings. The first-order valence-electron chi connectivity index (χ1n) is 5.18. The van der Waals surface area contributed by atoms with Crippen LogP contribution in [-0.4, -0.2) is 10.7 Å². The number of aliphatic hydroxyl groups is 1. The molecule has 0 spiro atoms. The minimum atomic E-state index is -0.492. The minimum absolute atomic E-state index is 0.322. The van der Waals surface area contributed by atoms with Gasteiger partial charge in [0.1, 0.15) is 0 Å². The Morgan fingerprint density at radius 3 is 3.15 bits per heavy atom. The zero-order chi connectivity index (χ0) is 9.47. The Kier molecular flexibility index (Phi) is 2.07. The second-order valence-corrected chi connectivity index (χ2v) is 4.65. The van der Waals surface area contributed by atoms with Gasteiger partial charge >= 0.3 is 0 Å². The second-order valence-electron chi connectivity index (χ2n) is 4.65. The molecule has 0 unspecified atom stereocenters. The molecule has 1 N–H and O–H groups in total. The van der Waals surface area contributed by atoms with Crippen LogP contribution in [0.5, 0.6) is 0 Å². The van der Waals surface area contributed by atoms with Gasteiger partial charge in [-0.2, -0.15) is 0 Å². The van der Waals surface area contributed by atoms with Gasteiger partial charge in [0.05, 0.1) is 5.60 Å². The van der Waals surface area contributed by atoms with Gasteiger partial charge < -0.3 is 5.11 Å². The Hall–Kier alpha value is -0.560. The summed E-state index contributed by atoms with van der Waals surface area (Å²) in [7, 11) is 0. The van der Waals surface area contributed by atoms with Gasteiger partial charge in [-0.1, -0.05) is 24.3 Å². The van der Waals surface area contributed by atoms with Crippen LogP contribution in [0.2, 0.25) is 0 Å². The zero-order valence-corrected chi connectivity index (χ0v) is 8.29. The molecule has 1 heteroatoms. The van der Waals surface area contributed by atoms with Gasteiger partial charge in [0.2, 0.25) is 0 Å². The smallest absolute Gasteiger partial charge is 0.0688 e. The minimum Gasteiger partial charge on any atom is -0.390 e. The van der Waals surface area contributed by atoms with Gasteiger partial charge in [-0.05, 0) is 38.5 Å². The molecule has 0 radical (unpaired) electrons. The lowest BCUT2D eigenvalue weighted by Gasteiger charge is -2.26. The van der Waals surface area contributed by atoms with Crippen molar-refractivity contribution >= 4 is 0 Å². The van der Waals surface area contributed by atoms with Crippen LogP contribution < -0.4 is 0 Å². The molecule has 0 aromatic heterocycles. The van der Waals surface area contributed by atoms with Gasteiger partial charge in [0.15, 0.2) is 0 Å². The van der Waals surface area contributed by atoms with Crippen molar-refractivity contribution in [2.75, 3.05) is 0 Å². The average molecular weight is 178 g/mol. The van der Waals surface area contributed by atoms with Crippen LogP contribution in [-0.2, 0) is 0 Å². The molecule has 13 heavy (non-hydrogen) atoms. The third kappa shape index (κ3) is 1.46. The highest BCUT2D eigenvalue weighted by molar-refractivity contribution is 5.18. The third-order valence-electron chi connectivity index (χ3n) is 3.61. The zero-order valence-electron chi connectivity index (χ0n) is 8.29. The average Bonchev–Trinajstić information content (AvgIpc) is 2.26. The van der Waals surface area contributed by atoms with Crippen molar-refractivity contribution in [2.24, 2.45) is 11.8 Å². The van der Waals surface area contributed by atoms with E-state index in [4.69, 9.17) is 0 Å². The highest BCUT2D eigenvalue weighted by Crippen LogP contribution is 2.46. The van der Waals surface area contributed by atoms with Crippen molar-refractivity contribution in [3.63, 3.8) is 0 Å². The maximum atomic E-state index is 10.1. The van der Waals surface area contributed by atoms with Crippen LogP contribution in [0, 0.1) is 11.8 Å². The quantitative estimate of drug-likeness (QED) is 0.565. The summed E-state index contributed by atoms with van der Waals surface area (Å²) in [6, 6.07) is 0. The highest BCUT2D eigenvalue weighted by Gasteiger charge is 2.43. The van der Waals surface area contributed by atoms with Gasteiger partial charge in [-0.25, -0.2) is 0 Å². The first-order chi connectivity index (χ1) is 6.11. The van der Waals surface area contributed by atoms with E-state index >= 15 is 0 Å². The lowest BCUT2D eigenvalue weighted by Crippen LogP contribution is -2.30. The Bertz CT molecular complexity index is 250. The maximum Gasteiger partial charge on any atom is 0.0688 e. The van der Waals surface area contributed by atoms with Crippen LogP contribution >= 0.6 is 0 Å². The summed E-state index contributed by atoms with van der Waals surface area (Å²) in [4.78, 5) is 0. The van der Waals surface area contributed by atoms with E-state index in [1.807, 2.05) is 6.92 Å². The van der Waals surface area contributed by atoms with Gasteiger partial charge in [0.25, 0.3) is 0 Å². The molecule has 0 aliphatic heterocycles. The monoisotopic (exact) mass is 178 g/mol. The fourth-order valence-corrected chi connectivity index (χ4v) is 2.72. The van der Waals surface area contributed by atoms with Crippen molar-refractivity contribution in [2.45, 2.75) is 38.2 Å². The summed E-state index contributed by atoms with van der Waals surface area (Å²) in [6.07, 6.45) is 8.65. The van der Waals surface area contributed by atoms with E-state index in [9.17, 15) is 5.11 Å². The molecule has 1 saturated carbocycles. The van der Waals surface area contributed by atoms with Crippen LogP contribution in [0.4, 0.5) is 0 Å². The summed E-state index contributed by atoms with van der Waals surface area (Å²) in [6.45, 7) is 6.09. The maximum absolute atomic E-state index is 10.1. The largest absolute Gasteiger partial charge is 0.390 e. The summed E-state index contributed by atoms with van der Waals surface area (Å²) < 4.78 is 0. The molecule has 0 heterocycles. The van der Waals surface area contributed by atoms with Crippen LogP contribution in [0.15, 0.2) is 24.3 Å². The van der Waals surface area contributed by atoms with Crippen LogP contribution in [0.25, 0.3) is 0 Å². The van der Waals surface area contributed by atoms with E-state index in [2.05, 4.69) is 18.7 Å². The highest BCUT2D eigenvalue weighted by atomic mass is 16.3. The van der Waals surface area contributed by atoms with E-state index in [1.165, 1.54) is 5.57 Å². The summed E-state index contributed by atoms with van der Waals surface area (Å²) in [5.41, 5.74) is 0.849. The second kappa shape index (κ2) is 2.98. The Balaban J connectivity index is 2.28. The summed E-state index contributed by atoms with van der Waals surface area (Å²) >= 11 is 0. The van der Waals surface area contributed by atoms with Crippen molar-refractivity contribution < 1.29 is 5.11 Å². The Labute approximate surface area is 80.2 Å². The van der Waals surface area contributed by atoms with E-state index < -0.39 is 5.60 Å². The molecule has 0 amide bonds. The van der Waals surface area contributed by atoms with Crippen molar-refractivity contribution in [1.82, 2.24) is 0 Å². The predicted octanol–water partition coefficient (Wildman–Crippen LogP) is 2.67. The van der Waals surface area contributed by atoms with Gasteiger partial charge in [0, 0.05) is 5.92 Å². The molecule has 72 valence electrons. The lowest BCUT2D eigenvalue weighted by atomic mass is 9.84. The molecule has 0 bridgehead atoms. The standard InChI is InChI=1S/C12H18O/c1-9-5-3-4-6-11-10(9)7-8-12(11,2)13/h4,6,10-11,13H,1,3,5,7-8H2,2H3/t10-,11-,12-/m0/s1. The normalized spacial score (nSPS) is 44.6. The fraction of sp³-hybridized carbons (Fsp3) is 0.667. The van der Waals surface area contributed by atoms with E-state index in [-0.39, 0.29) is 0 Å². The molecular weight excluding hydrogens is 160 g/mol. The number of allylic oxidation sites excluding steroid dienone is 2. The molecule has 3 atom stereocenters. The van der Waals surface area contributed by atoms with Crippen LogP contribution in [0.1, 0.15) is 32.6 Å². The lowest BCUT2D eigenvalue weighted by molar-refractivity contribution is 0.0333. The van der Waals surface area contributed by atoms with Crippen LogP contribution in [0.3, 0.4) is 0 Å². The SMILES string of the molecule is C=C1CCC=C[C@H]2[C@H]1CC[C@]2(C)O. The summed E-state index contributed by atoms with van der Waals surface area (Å²) in [5.74, 6) is 0.858. The van der Waals surface area contributed by atoms with Gasteiger partial charge in [-0.15, -0.1) is 0 Å². The number of hydrogen-bond donors (Lipinski definition) is 1. The molecule has 2 aliphatic carbocycles. The van der Waals surface area contributed by atoms with Crippen molar-refractivity contribution in [3.05, 3.63) is 24.3 Å². The number of fused-ring (bicyclic) bond motifs is 1. The Morgan fingerprint density at radius 2 is 2.38 bits per heavy atom. The molecule has 0 saturated heterocycles. The third-order valence-corrected chi connectivity index (χ3v) is 3.61. The molecular formula is C12H18O.